The monoisotopic (exact) mass is 1160 g/mol. The van der Waals surface area contributed by atoms with Crippen LogP contribution in [-0.4, -0.2) is 8.80 Å². The Morgan fingerprint density at radius 3 is 1.45 bits per heavy atom. The number of aromatic nitrogens is 2. The van der Waals surface area contributed by atoms with Crippen molar-refractivity contribution in [3.8, 4) is 79.3 Å². The van der Waals surface area contributed by atoms with Gasteiger partial charge in [0.1, 0.15) is 11.5 Å². The van der Waals surface area contributed by atoms with Crippen molar-refractivity contribution in [3.05, 3.63) is 275 Å². The smallest absolute Gasteiger partial charge is 0.132 e. The normalized spacial score (nSPS) is 14.8. The predicted molar refractivity (Wildman–Crippen MR) is 373 cm³/mol. The summed E-state index contributed by atoms with van der Waals surface area (Å²) in [6.45, 7) is 9.48. The largest absolute Gasteiger partial charge is 0.457 e. The highest BCUT2D eigenvalue weighted by Gasteiger charge is 2.55. The molecular formula is C86H60N4O. The van der Waals surface area contributed by atoms with E-state index in [9.17, 15) is 10.5 Å². The first-order valence-electron chi connectivity index (χ1n) is 32.5. The average Bonchev–Trinajstić information content (AvgIpc) is 1.48. The summed E-state index contributed by atoms with van der Waals surface area (Å²) in [5.41, 5.74) is 25.0. The molecule has 5 heteroatoms. The van der Waals surface area contributed by atoms with Gasteiger partial charge in [-0.25, -0.2) is 0 Å². The van der Waals surface area contributed by atoms with E-state index in [1.807, 2.05) is 0 Å². The first-order valence-corrected chi connectivity index (χ1v) is 32.5. The highest BCUT2D eigenvalue weighted by atomic mass is 16.5. The maximum Gasteiger partial charge on any atom is 0.132 e. The highest BCUT2D eigenvalue weighted by molar-refractivity contribution is 6.39. The third-order valence-electron chi connectivity index (χ3n) is 22.6. The Hall–Kier alpha value is -11.0. The van der Waals surface area contributed by atoms with Crippen LogP contribution in [0.25, 0.3) is 132 Å². The summed E-state index contributed by atoms with van der Waals surface area (Å²) in [5, 5.41) is 33.3. The second-order valence-electron chi connectivity index (χ2n) is 26.1. The van der Waals surface area contributed by atoms with Crippen molar-refractivity contribution in [1.82, 2.24) is 8.80 Å². The van der Waals surface area contributed by atoms with E-state index in [2.05, 4.69) is 279 Å². The molecule has 19 rings (SSSR count). The Morgan fingerprint density at radius 1 is 0.363 bits per heavy atom. The van der Waals surface area contributed by atoms with Gasteiger partial charge in [0, 0.05) is 59.8 Å². The van der Waals surface area contributed by atoms with E-state index in [0.717, 1.165) is 132 Å². The molecule has 3 aliphatic rings. The number of benzene rings is 12. The molecule has 0 saturated carbocycles. The van der Waals surface area contributed by atoms with E-state index in [1.54, 1.807) is 0 Å². The number of hydrogen-bond acceptors (Lipinski definition) is 3. The zero-order chi connectivity index (χ0) is 60.8. The Kier molecular flexibility index (Phi) is 10.6. The third-order valence-corrected chi connectivity index (χ3v) is 22.6. The lowest BCUT2D eigenvalue weighted by Gasteiger charge is -2.39. The molecule has 0 fully saturated rings. The molecule has 12 aromatic carbocycles. The molecule has 4 aromatic heterocycles. The fourth-order valence-electron chi connectivity index (χ4n) is 18.6. The molecule has 91 heavy (non-hydrogen) atoms. The first-order chi connectivity index (χ1) is 44.8. The molecule has 0 bridgehead atoms. The number of nitrogens with zero attached hydrogens (tertiary/aromatic N) is 4. The Morgan fingerprint density at radius 2 is 0.835 bits per heavy atom. The van der Waals surface area contributed by atoms with Crippen LogP contribution in [0.1, 0.15) is 104 Å². The maximum atomic E-state index is 11.9. The van der Waals surface area contributed by atoms with E-state index < -0.39 is 5.41 Å². The van der Waals surface area contributed by atoms with Gasteiger partial charge in [0.2, 0.25) is 0 Å². The molecule has 0 atom stereocenters. The minimum Gasteiger partial charge on any atom is -0.457 e. The van der Waals surface area contributed by atoms with E-state index in [-0.39, 0.29) is 10.8 Å². The van der Waals surface area contributed by atoms with Crippen LogP contribution in [-0.2, 0) is 16.2 Å². The van der Waals surface area contributed by atoms with Gasteiger partial charge in [-0.1, -0.05) is 204 Å². The van der Waals surface area contributed by atoms with Gasteiger partial charge in [-0.05, 0) is 170 Å². The quantitative estimate of drug-likeness (QED) is 0.152. The van der Waals surface area contributed by atoms with Gasteiger partial charge in [-0.15, -0.1) is 0 Å². The SMILES string of the molecule is CCC1(CC)CC(CC)(CC)c2c1c(C#N)cc1c2c2c3c4cc(-c5ccccc5-c5ccccc5)cc5c6cc(-c7ccccc7-c7ccccc7)ccc6n(c3cc3c6c7c(c(C#N)cc6n1c32)-c1ccccc1C71c2ccccc2Oc2ccccc21)c54. The van der Waals surface area contributed by atoms with Crippen LogP contribution < -0.4 is 4.74 Å². The van der Waals surface area contributed by atoms with Gasteiger partial charge in [0.15, 0.2) is 0 Å². The van der Waals surface area contributed by atoms with E-state index in [0.29, 0.717) is 5.56 Å². The average molecular weight is 1170 g/mol. The fraction of sp³-hybridized carbons (Fsp3) is 0.140. The Labute approximate surface area is 527 Å². The van der Waals surface area contributed by atoms with E-state index in [1.165, 1.54) is 82.3 Å². The molecule has 5 heterocycles. The molecule has 0 amide bonds. The maximum absolute atomic E-state index is 11.9. The van der Waals surface area contributed by atoms with Gasteiger partial charge >= 0.3 is 0 Å². The molecule has 0 unspecified atom stereocenters. The number of rotatable bonds is 8. The van der Waals surface area contributed by atoms with Crippen LogP contribution in [0.5, 0.6) is 11.5 Å². The first kappa shape index (κ1) is 52.0. The summed E-state index contributed by atoms with van der Waals surface area (Å²) in [5.74, 6) is 1.60. The molecule has 0 radical (unpaired) electrons. The number of nitriles is 2. The number of para-hydroxylation sites is 2. The number of ether oxygens (including phenoxy) is 1. The lowest BCUT2D eigenvalue weighted by molar-refractivity contribution is 0.285. The van der Waals surface area contributed by atoms with Crippen LogP contribution in [0.15, 0.2) is 231 Å². The number of hydrogen-bond donors (Lipinski definition) is 0. The van der Waals surface area contributed by atoms with Gasteiger partial charge < -0.3 is 13.5 Å². The van der Waals surface area contributed by atoms with Gasteiger partial charge in [-0.2, -0.15) is 10.5 Å². The summed E-state index contributed by atoms with van der Waals surface area (Å²) in [6, 6.07) is 90.2. The zero-order valence-corrected chi connectivity index (χ0v) is 51.2. The van der Waals surface area contributed by atoms with E-state index in [4.69, 9.17) is 4.74 Å². The number of fused-ring (bicyclic) bond motifs is 25. The van der Waals surface area contributed by atoms with Crippen molar-refractivity contribution in [2.45, 2.75) is 76.0 Å². The molecule has 1 spiro atoms. The van der Waals surface area contributed by atoms with Crippen LogP contribution in [0.3, 0.4) is 0 Å². The van der Waals surface area contributed by atoms with Crippen LogP contribution in [0.4, 0.5) is 0 Å². The minimum atomic E-state index is -0.885. The topological polar surface area (TPSA) is 65.6 Å². The molecular weight excluding hydrogens is 1100 g/mol. The van der Waals surface area contributed by atoms with Gasteiger partial charge in [0.25, 0.3) is 0 Å². The summed E-state index contributed by atoms with van der Waals surface area (Å²) in [6.07, 6.45) is 4.75. The van der Waals surface area contributed by atoms with Crippen molar-refractivity contribution in [2.24, 2.45) is 0 Å². The predicted octanol–water partition coefficient (Wildman–Crippen LogP) is 22.4. The van der Waals surface area contributed by atoms with Crippen LogP contribution >= 0.6 is 0 Å². The standard InChI is InChI=1S/C86H60N4O/c1-5-84(6-2)49-85(7-3,8-4)81-77-70(45-55(48-88)79(81)84)90-69-44-54(47-87)74-60-33-19-20-34-65(60)86(66-35-21-23-37-72(66)91-73-38-24-22-36-67(73)86)80(74)76(69)64-46-71-75(78(77)83(64)90)63-43-53(59-32-18-16-30-57(59)51-27-13-10-14-28-51)42-62-61-41-52(39-40-68(61)89(71)82(62)63)58-31-17-15-29-56(58)50-25-11-9-12-26-50/h9-46H,5-8,49H2,1-4H3. The molecule has 5 nitrogen and oxygen atoms in total. The van der Waals surface area contributed by atoms with Crippen molar-refractivity contribution in [2.75, 3.05) is 0 Å². The molecule has 2 aliphatic carbocycles. The lowest BCUT2D eigenvalue weighted by Crippen LogP contribution is -2.32. The van der Waals surface area contributed by atoms with Gasteiger partial charge in [0.05, 0.1) is 61.8 Å². The zero-order valence-electron chi connectivity index (χ0n) is 51.2. The van der Waals surface area contributed by atoms with Crippen LogP contribution in [0.2, 0.25) is 0 Å². The highest BCUT2D eigenvalue weighted by Crippen LogP contribution is 2.67. The molecule has 430 valence electrons. The lowest BCUT2D eigenvalue weighted by atomic mass is 9.65. The van der Waals surface area contributed by atoms with Crippen molar-refractivity contribution < 1.29 is 4.74 Å². The third kappa shape index (κ3) is 6.38. The van der Waals surface area contributed by atoms with E-state index >= 15 is 0 Å². The summed E-state index contributed by atoms with van der Waals surface area (Å²) in [7, 11) is 0. The minimum absolute atomic E-state index is 0.193. The van der Waals surface area contributed by atoms with Crippen molar-refractivity contribution in [1.29, 1.82) is 10.5 Å². The molecule has 1 aliphatic heterocycles. The Bertz CT molecular complexity index is 5870. The second-order valence-corrected chi connectivity index (χ2v) is 26.1. The van der Waals surface area contributed by atoms with Crippen molar-refractivity contribution >= 4 is 76.2 Å². The molecule has 16 aromatic rings. The van der Waals surface area contributed by atoms with Gasteiger partial charge in [-0.3, -0.25) is 0 Å². The summed E-state index contributed by atoms with van der Waals surface area (Å²) < 4.78 is 12.1. The Balaban J connectivity index is 1.07. The second kappa shape index (κ2) is 18.6. The fourth-order valence-corrected chi connectivity index (χ4v) is 18.6. The van der Waals surface area contributed by atoms with Crippen LogP contribution in [0, 0.1) is 22.7 Å². The summed E-state index contributed by atoms with van der Waals surface area (Å²) >= 11 is 0. The van der Waals surface area contributed by atoms with Crippen molar-refractivity contribution in [3.63, 3.8) is 0 Å². The molecule has 0 saturated heterocycles. The summed E-state index contributed by atoms with van der Waals surface area (Å²) in [4.78, 5) is 0. The molecule has 0 N–H and O–H groups in total.